The minimum atomic E-state index is -0.954. The highest BCUT2D eigenvalue weighted by molar-refractivity contribution is 5.86. The lowest BCUT2D eigenvalue weighted by atomic mass is 10.0. The van der Waals surface area contributed by atoms with Gasteiger partial charge >= 0.3 is 5.97 Å². The molecule has 0 aliphatic carbocycles. The molecule has 46 heavy (non-hydrogen) atoms. The summed E-state index contributed by atoms with van der Waals surface area (Å²) in [6.07, 6.45) is 27.1. The maximum atomic E-state index is 11.7. The first-order valence-corrected chi connectivity index (χ1v) is 16.9. The van der Waals surface area contributed by atoms with Crippen molar-refractivity contribution in [2.75, 3.05) is 6.61 Å². The van der Waals surface area contributed by atoms with Gasteiger partial charge in [0.2, 0.25) is 0 Å². The lowest BCUT2D eigenvalue weighted by molar-refractivity contribution is -0.132. The summed E-state index contributed by atoms with van der Waals surface area (Å²) in [6.45, 7) is 13.1. The van der Waals surface area contributed by atoms with Crippen LogP contribution in [0.5, 0.6) is 11.5 Å². The average molecular weight is 633 g/mol. The molecule has 0 aliphatic heterocycles. The van der Waals surface area contributed by atoms with Crippen molar-refractivity contribution in [1.29, 1.82) is 0 Å². The van der Waals surface area contributed by atoms with Gasteiger partial charge in [0.05, 0.1) is 6.61 Å². The summed E-state index contributed by atoms with van der Waals surface area (Å²) in [6, 6.07) is 4.26. The van der Waals surface area contributed by atoms with E-state index in [9.17, 15) is 20.1 Å². The zero-order chi connectivity index (χ0) is 34.3. The van der Waals surface area contributed by atoms with E-state index in [1.807, 2.05) is 6.92 Å². The number of carboxylic acid groups (broad SMARTS) is 1. The van der Waals surface area contributed by atoms with Crippen molar-refractivity contribution in [3.05, 3.63) is 105 Å². The van der Waals surface area contributed by atoms with E-state index in [1.54, 1.807) is 6.08 Å². The first-order chi connectivity index (χ1) is 21.9. The first kappa shape index (κ1) is 40.5. The van der Waals surface area contributed by atoms with Crippen molar-refractivity contribution >= 4 is 5.97 Å². The number of phenolic OH excluding ortho intramolecular Hbond substituents is 2. The van der Waals surface area contributed by atoms with Crippen molar-refractivity contribution in [2.24, 2.45) is 0 Å². The van der Waals surface area contributed by atoms with Crippen LogP contribution in [0.4, 0.5) is 0 Å². The molecule has 0 bridgehead atoms. The van der Waals surface area contributed by atoms with Crippen LogP contribution in [0.1, 0.15) is 124 Å². The maximum Gasteiger partial charge on any atom is 0.331 e. The predicted molar refractivity (Wildman–Crippen MR) is 194 cm³/mol. The molecule has 0 amide bonds. The monoisotopic (exact) mass is 632 g/mol. The molecule has 5 nitrogen and oxygen atoms in total. The Labute approximate surface area is 279 Å². The maximum absolute atomic E-state index is 11.7. The van der Waals surface area contributed by atoms with E-state index in [4.69, 9.17) is 5.11 Å². The predicted octanol–water partition coefficient (Wildman–Crippen LogP) is 11.0. The second-order valence-electron chi connectivity index (χ2n) is 12.7. The molecule has 1 aromatic rings. The average Bonchev–Trinajstić information content (AvgIpc) is 3.00. The highest BCUT2D eigenvalue weighted by atomic mass is 16.4. The van der Waals surface area contributed by atoms with E-state index in [0.717, 1.165) is 69.8 Å². The van der Waals surface area contributed by atoms with Gasteiger partial charge in [0.1, 0.15) is 11.5 Å². The van der Waals surface area contributed by atoms with Crippen LogP contribution < -0.4 is 0 Å². The molecule has 0 saturated carbocycles. The number of aliphatic carboxylic acids is 1. The number of aliphatic hydroxyl groups excluding tert-OH is 1. The summed E-state index contributed by atoms with van der Waals surface area (Å²) >= 11 is 0. The van der Waals surface area contributed by atoms with Gasteiger partial charge in [-0.15, -0.1) is 0 Å². The fourth-order valence-electron chi connectivity index (χ4n) is 5.05. The van der Waals surface area contributed by atoms with Crippen molar-refractivity contribution in [1.82, 2.24) is 0 Å². The summed E-state index contributed by atoms with van der Waals surface area (Å²) in [5, 5.41) is 38.2. The molecule has 5 heteroatoms. The lowest BCUT2D eigenvalue weighted by Gasteiger charge is -2.05. The van der Waals surface area contributed by atoms with E-state index < -0.39 is 5.97 Å². The number of hydrogen-bond donors (Lipinski definition) is 4. The van der Waals surface area contributed by atoms with Crippen LogP contribution in [-0.4, -0.2) is 33.0 Å². The van der Waals surface area contributed by atoms with Crippen LogP contribution >= 0.6 is 0 Å². The molecule has 0 heterocycles. The zero-order valence-corrected chi connectivity index (χ0v) is 29.4. The van der Waals surface area contributed by atoms with Crippen LogP contribution in [0.2, 0.25) is 0 Å². The lowest BCUT2D eigenvalue weighted by Crippen LogP contribution is -2.01. The second-order valence-corrected chi connectivity index (χ2v) is 12.7. The minimum absolute atomic E-state index is 0.0446. The summed E-state index contributed by atoms with van der Waals surface area (Å²) in [5.41, 5.74) is 8.85. The highest BCUT2D eigenvalue weighted by Crippen LogP contribution is 2.24. The summed E-state index contributed by atoms with van der Waals surface area (Å²) < 4.78 is 0. The molecule has 0 atom stereocenters. The molecule has 0 fully saturated rings. The number of aromatic hydroxyl groups is 2. The highest BCUT2D eigenvalue weighted by Gasteiger charge is 2.08. The third-order valence-electron chi connectivity index (χ3n) is 8.22. The van der Waals surface area contributed by atoms with Crippen LogP contribution in [0, 0.1) is 0 Å². The number of carboxylic acids is 1. The number of benzene rings is 1. The molecular formula is C41H60O5. The smallest absolute Gasteiger partial charge is 0.331 e. The number of phenols is 2. The number of allylic oxidation sites excluding steroid dienone is 12. The summed E-state index contributed by atoms with van der Waals surface area (Å²) in [4.78, 5) is 11.7. The van der Waals surface area contributed by atoms with E-state index in [0.29, 0.717) is 24.0 Å². The van der Waals surface area contributed by atoms with Crippen molar-refractivity contribution in [3.63, 3.8) is 0 Å². The van der Waals surface area contributed by atoms with Crippen LogP contribution in [-0.2, 0) is 11.2 Å². The Morgan fingerprint density at radius 3 is 1.30 bits per heavy atom. The molecule has 1 aromatic carbocycles. The molecular weight excluding hydrogens is 572 g/mol. The Kier molecular flexibility index (Phi) is 20.9. The Balaban J connectivity index is 2.35. The fourth-order valence-corrected chi connectivity index (χ4v) is 5.05. The van der Waals surface area contributed by atoms with Crippen molar-refractivity contribution in [2.45, 2.75) is 125 Å². The van der Waals surface area contributed by atoms with E-state index >= 15 is 0 Å². The molecule has 0 spiro atoms. The molecule has 0 saturated heterocycles. The van der Waals surface area contributed by atoms with Crippen LogP contribution in [0.15, 0.2) is 99.7 Å². The second kappa shape index (κ2) is 23.7. The SMILES string of the molecule is CC(=CCCC(C)=CCCC(C)=CCCC(C)=CCCC(C)=CCCC(C)=CCCC(=CCc1cc(O)ccc1O)C(=O)O)CO. The van der Waals surface area contributed by atoms with Crippen molar-refractivity contribution < 1.29 is 25.2 Å². The van der Waals surface area contributed by atoms with E-state index in [-0.39, 0.29) is 24.5 Å². The topological polar surface area (TPSA) is 98.0 Å². The standard InChI is InChI=1S/C41H60O5/c1-31(13-7-15-32(2)17-9-19-34(4)21-11-23-36(6)30-42)14-8-16-33(3)18-10-20-35(5)22-12-24-37(41(45)46)25-26-38-29-39(43)27-28-40(38)44/h14-15,18-19,22-23,25,27-29,42-44H,7-13,16-17,20-21,24,26,30H2,1-6H3,(H,45,46). The molecule has 0 aliphatic rings. The van der Waals surface area contributed by atoms with Gasteiger partial charge in [-0.05, 0) is 143 Å². The summed E-state index contributed by atoms with van der Waals surface area (Å²) in [7, 11) is 0. The van der Waals surface area contributed by atoms with Crippen LogP contribution in [0.25, 0.3) is 0 Å². The quantitative estimate of drug-likeness (QED) is 0.0579. The molecule has 0 unspecified atom stereocenters. The van der Waals surface area contributed by atoms with Gasteiger partial charge in [-0.25, -0.2) is 4.79 Å². The van der Waals surface area contributed by atoms with Crippen LogP contribution in [0.3, 0.4) is 0 Å². The molecule has 254 valence electrons. The van der Waals surface area contributed by atoms with Gasteiger partial charge < -0.3 is 20.4 Å². The largest absolute Gasteiger partial charge is 0.508 e. The summed E-state index contributed by atoms with van der Waals surface area (Å²) in [5.74, 6) is -0.864. The van der Waals surface area contributed by atoms with Gasteiger partial charge in [-0.1, -0.05) is 76.0 Å². The Morgan fingerprint density at radius 2 is 0.935 bits per heavy atom. The molecule has 0 radical (unpaired) electrons. The van der Waals surface area contributed by atoms with Gasteiger partial charge in [0.15, 0.2) is 0 Å². The first-order valence-electron chi connectivity index (χ1n) is 16.9. The molecule has 1 rings (SSSR count). The molecule has 4 N–H and O–H groups in total. The molecule has 0 aromatic heterocycles. The number of rotatable bonds is 22. The minimum Gasteiger partial charge on any atom is -0.508 e. The third-order valence-corrected chi connectivity index (χ3v) is 8.22. The number of aliphatic hydroxyl groups is 1. The van der Waals surface area contributed by atoms with Gasteiger partial charge in [-0.2, -0.15) is 0 Å². The normalized spacial score (nSPS) is 14.3. The Hall–Kier alpha value is -3.57. The fraction of sp³-hybridized carbons (Fsp3) is 0.488. The zero-order valence-electron chi connectivity index (χ0n) is 29.4. The number of hydrogen-bond acceptors (Lipinski definition) is 4. The number of carbonyl (C=O) groups is 1. The van der Waals surface area contributed by atoms with Gasteiger partial charge in [-0.3, -0.25) is 0 Å². The van der Waals surface area contributed by atoms with Gasteiger partial charge in [0, 0.05) is 11.1 Å². The Bertz CT molecular complexity index is 1300. The van der Waals surface area contributed by atoms with E-state index in [1.165, 1.54) is 46.1 Å². The van der Waals surface area contributed by atoms with E-state index in [2.05, 4.69) is 71.1 Å². The van der Waals surface area contributed by atoms with Gasteiger partial charge in [0.25, 0.3) is 0 Å². The third kappa shape index (κ3) is 19.7. The Morgan fingerprint density at radius 1 is 0.565 bits per heavy atom. The van der Waals surface area contributed by atoms with Crippen molar-refractivity contribution in [3.8, 4) is 11.5 Å².